The number of rotatable bonds is 21. The van der Waals surface area contributed by atoms with Gasteiger partial charge in [0, 0.05) is 47.4 Å². The molecule has 0 spiro atoms. The Morgan fingerprint density at radius 3 is 1.29 bits per heavy atom. The molecule has 0 atom stereocenters. The van der Waals surface area contributed by atoms with E-state index in [9.17, 15) is 26.4 Å². The van der Waals surface area contributed by atoms with Crippen LogP contribution in [0.15, 0.2) is 104 Å². The van der Waals surface area contributed by atoms with Crippen molar-refractivity contribution < 1.29 is 45.7 Å². The number of nitrogens with zero attached hydrogens (tertiary/aromatic N) is 2. The zero-order chi connectivity index (χ0) is 49.5. The molecule has 372 valence electrons. The molecule has 6 rings (SSSR count). The summed E-state index contributed by atoms with van der Waals surface area (Å²) in [7, 11) is -7.29. The van der Waals surface area contributed by atoms with Gasteiger partial charge in [-0.05, 0) is 101 Å². The number of carboxylic acid groups (broad SMARTS) is 1. The maximum absolute atomic E-state index is 13.9. The average Bonchev–Trinajstić information content (AvgIpc) is 3.47. The number of carbonyl (C=O) groups excluding carboxylic acids is 1. The summed E-state index contributed by atoms with van der Waals surface area (Å²) >= 11 is 7.00. The molecular weight excluding hydrogens is 1040 g/mol. The van der Waals surface area contributed by atoms with E-state index in [0.717, 1.165) is 88.4 Å². The van der Waals surface area contributed by atoms with Gasteiger partial charge in [0.25, 0.3) is 0 Å². The van der Waals surface area contributed by atoms with Gasteiger partial charge in [-0.2, -0.15) is 0 Å². The Morgan fingerprint density at radius 2 is 0.956 bits per heavy atom. The molecule has 4 aromatic carbocycles. The van der Waals surface area contributed by atoms with Crippen molar-refractivity contribution in [1.29, 1.82) is 0 Å². The Hall–Kier alpha value is -4.12. The summed E-state index contributed by atoms with van der Waals surface area (Å²) < 4.78 is 72.6. The number of aliphatic carboxylic acids is 1. The van der Waals surface area contributed by atoms with Gasteiger partial charge in [0.2, 0.25) is 0 Å². The largest absolute Gasteiger partial charge is 0.481 e. The molecule has 0 bridgehead atoms. The molecular formula is C52H68Br2N2O10S2. The monoisotopic (exact) mass is 1100 g/mol. The van der Waals surface area contributed by atoms with Crippen LogP contribution in [0.2, 0.25) is 0 Å². The number of para-hydroxylation sites is 2. The molecule has 0 amide bonds. The van der Waals surface area contributed by atoms with E-state index in [4.69, 9.17) is 19.3 Å². The van der Waals surface area contributed by atoms with Crippen molar-refractivity contribution in [3.63, 3.8) is 0 Å². The molecule has 1 N–H and O–H groups in total. The summed E-state index contributed by atoms with van der Waals surface area (Å²) in [5.74, 6) is -0.943. The average molecular weight is 1110 g/mol. The van der Waals surface area contributed by atoms with E-state index in [1.807, 2.05) is 60.7 Å². The molecule has 2 heterocycles. The zero-order valence-electron chi connectivity index (χ0n) is 40.1. The minimum absolute atomic E-state index is 0.0658. The third kappa shape index (κ3) is 14.2. The maximum atomic E-state index is 13.9. The highest BCUT2D eigenvalue weighted by Crippen LogP contribution is 2.49. The Morgan fingerprint density at radius 1 is 0.588 bits per heavy atom. The van der Waals surface area contributed by atoms with Gasteiger partial charge in [0.1, 0.15) is 11.5 Å². The van der Waals surface area contributed by atoms with Crippen molar-refractivity contribution in [1.82, 2.24) is 0 Å². The second-order valence-electron chi connectivity index (χ2n) is 18.1. The first-order chi connectivity index (χ1) is 32.5. The number of halogens is 2. The lowest BCUT2D eigenvalue weighted by Crippen LogP contribution is -2.38. The van der Waals surface area contributed by atoms with Crippen LogP contribution in [0.5, 0.6) is 11.5 Å². The number of sulfone groups is 2. The highest BCUT2D eigenvalue weighted by atomic mass is 79.9. The molecule has 4 aromatic rings. The number of benzene rings is 4. The summed E-state index contributed by atoms with van der Waals surface area (Å²) in [4.78, 5) is 27.5. The van der Waals surface area contributed by atoms with Crippen LogP contribution in [0.1, 0.15) is 112 Å². The number of fused-ring (bicyclic) bond motifs is 2. The molecule has 0 fully saturated rings. The number of esters is 1. The number of ether oxygens (including phenoxy) is 3. The normalized spacial score (nSPS) is 16.5. The van der Waals surface area contributed by atoms with Gasteiger partial charge in [-0.1, -0.05) is 115 Å². The minimum atomic E-state index is -3.66. The van der Waals surface area contributed by atoms with E-state index >= 15 is 0 Å². The fourth-order valence-electron chi connectivity index (χ4n) is 9.30. The molecule has 0 aliphatic carbocycles. The third-order valence-corrected chi connectivity index (χ3v) is 17.9. The molecule has 2 aliphatic heterocycles. The van der Waals surface area contributed by atoms with Gasteiger partial charge in [-0.25, -0.2) is 26.4 Å². The molecule has 0 saturated heterocycles. The minimum Gasteiger partial charge on any atom is -0.481 e. The Kier molecular flexibility index (Phi) is 20.3. The van der Waals surface area contributed by atoms with Gasteiger partial charge in [0.15, 0.2) is 32.9 Å². The number of carboxylic acids is 1. The molecule has 0 unspecified atom stereocenters. The van der Waals surface area contributed by atoms with Crippen LogP contribution >= 0.6 is 31.9 Å². The summed E-state index contributed by atoms with van der Waals surface area (Å²) in [5.41, 5.74) is 2.36. The summed E-state index contributed by atoms with van der Waals surface area (Å²) in [5, 5.41) is 9.01. The molecule has 16 heteroatoms. The van der Waals surface area contributed by atoms with Crippen LogP contribution in [-0.2, 0) is 34.0 Å². The summed E-state index contributed by atoms with van der Waals surface area (Å²) in [6.07, 6.45) is 11.3. The highest BCUT2D eigenvalue weighted by molar-refractivity contribution is 9.11. The number of unbranched alkanes of at least 4 members (excludes halogenated alkanes) is 4. The van der Waals surface area contributed by atoms with Gasteiger partial charge in [-0.3, -0.25) is 0 Å². The van der Waals surface area contributed by atoms with Gasteiger partial charge in [-0.15, -0.1) is 0 Å². The van der Waals surface area contributed by atoms with Crippen molar-refractivity contribution in [2.45, 2.75) is 121 Å². The van der Waals surface area contributed by atoms with Crippen molar-refractivity contribution in [2.24, 2.45) is 10.8 Å². The maximum Gasteiger partial charge on any atom is 0.344 e. The fourth-order valence-corrected chi connectivity index (χ4v) is 14.4. The van der Waals surface area contributed by atoms with E-state index in [2.05, 4.69) is 69.4 Å². The first-order valence-corrected chi connectivity index (χ1v) is 28.8. The smallest absolute Gasteiger partial charge is 0.344 e. The number of anilines is 4. The van der Waals surface area contributed by atoms with E-state index in [-0.39, 0.29) is 51.1 Å². The summed E-state index contributed by atoms with van der Waals surface area (Å²) in [6.45, 7) is 10.9. The molecule has 0 saturated carbocycles. The van der Waals surface area contributed by atoms with E-state index < -0.39 is 38.2 Å². The van der Waals surface area contributed by atoms with Crippen LogP contribution in [0.4, 0.5) is 22.7 Å². The Balaban J connectivity index is 0.000000255. The third-order valence-electron chi connectivity index (χ3n) is 12.6. The van der Waals surface area contributed by atoms with Gasteiger partial charge >= 0.3 is 11.9 Å². The number of hydrogen-bond acceptors (Lipinski definition) is 11. The quantitative estimate of drug-likeness (QED) is 0.0789. The molecule has 0 radical (unpaired) electrons. The number of carbonyl (C=O) groups is 2. The van der Waals surface area contributed by atoms with Gasteiger partial charge < -0.3 is 29.1 Å². The van der Waals surface area contributed by atoms with E-state index in [0.29, 0.717) is 39.2 Å². The second-order valence-corrected chi connectivity index (χ2v) is 23.7. The van der Waals surface area contributed by atoms with Gasteiger partial charge in [0.05, 0.1) is 48.2 Å². The van der Waals surface area contributed by atoms with Crippen LogP contribution in [0.3, 0.4) is 0 Å². The van der Waals surface area contributed by atoms with Crippen LogP contribution < -0.4 is 19.3 Å². The van der Waals surface area contributed by atoms with Crippen LogP contribution in [0, 0.1) is 10.8 Å². The van der Waals surface area contributed by atoms with Crippen molar-refractivity contribution >= 4 is 86.2 Å². The van der Waals surface area contributed by atoms with Crippen LogP contribution in [0.25, 0.3) is 0 Å². The predicted molar refractivity (Wildman–Crippen MR) is 278 cm³/mol. The highest BCUT2D eigenvalue weighted by Gasteiger charge is 2.44. The Labute approximate surface area is 421 Å². The zero-order valence-corrected chi connectivity index (χ0v) is 44.9. The molecule has 68 heavy (non-hydrogen) atoms. The Bertz CT molecular complexity index is 2510. The van der Waals surface area contributed by atoms with Crippen molar-refractivity contribution in [2.75, 3.05) is 54.2 Å². The lowest BCUT2D eigenvalue weighted by molar-refractivity contribution is -0.145. The topological polar surface area (TPSA) is 157 Å². The molecule has 2 aliphatic rings. The van der Waals surface area contributed by atoms with Crippen LogP contribution in [-0.4, -0.2) is 78.3 Å². The van der Waals surface area contributed by atoms with E-state index in [1.165, 1.54) is 6.07 Å². The lowest BCUT2D eigenvalue weighted by Gasteiger charge is -2.37. The lowest BCUT2D eigenvalue weighted by atomic mass is 9.79. The SMILES string of the molecule is CCCCC1(CCCC)CN(c2ccccc2)c2cc(Br)c(OCC(=O)O)cc2S(=O)(=O)C1.CCCCC1(CCCC)CN(c2ccccc2)c2cc(Br)c(OCC(=O)OCC)cc2S(=O)(=O)C1. The van der Waals surface area contributed by atoms with Crippen molar-refractivity contribution in [3.8, 4) is 11.5 Å². The summed E-state index contributed by atoms with van der Waals surface area (Å²) in [6, 6.07) is 26.4. The first-order valence-electron chi connectivity index (χ1n) is 23.9. The van der Waals surface area contributed by atoms with Crippen molar-refractivity contribution in [3.05, 3.63) is 93.9 Å². The van der Waals surface area contributed by atoms with E-state index in [1.54, 1.807) is 25.1 Å². The standard InChI is InChI=1S/C27H36BrNO5S.C25H32BrNO5S/c1-4-7-14-27(15-8-5-2)19-29(21-12-10-9-11-13-21)23-16-22(28)24(34-18-26(30)33-6-3)17-25(23)35(31,32)20-27;1-3-5-12-25(13-6-4-2)17-27(19-10-8-7-9-11-19)21-14-20(26)22(32-16-24(28)29)15-23(21)33(30,31)18-25/h9-13,16-17H,4-8,14-15,18-20H2,1-3H3;7-11,14-15H,3-6,12-13,16-18H2,1-2H3,(H,28,29). The predicted octanol–water partition coefficient (Wildman–Crippen LogP) is 12.9. The molecule has 0 aromatic heterocycles. The molecule has 12 nitrogen and oxygen atoms in total. The second kappa shape index (κ2) is 25.1. The fraction of sp³-hybridized carbons (Fsp3) is 0.500. The number of hydrogen-bond donors (Lipinski definition) is 1. The first kappa shape index (κ1) is 54.8.